The number of amides is 1. The summed E-state index contributed by atoms with van der Waals surface area (Å²) < 4.78 is 5.16. The second-order valence-electron chi connectivity index (χ2n) is 4.11. The summed E-state index contributed by atoms with van der Waals surface area (Å²) >= 11 is 1.48. The van der Waals surface area contributed by atoms with E-state index in [0.29, 0.717) is 19.4 Å². The molecule has 1 saturated heterocycles. The summed E-state index contributed by atoms with van der Waals surface area (Å²) in [6.07, 6.45) is -0.678. The molecule has 1 fully saturated rings. The lowest BCUT2D eigenvalue weighted by molar-refractivity contribution is -0.151. The van der Waals surface area contributed by atoms with Crippen LogP contribution in [0, 0.1) is 6.92 Å². The number of carboxylic acids is 1. The summed E-state index contributed by atoms with van der Waals surface area (Å²) in [4.78, 5) is 27.6. The van der Waals surface area contributed by atoms with E-state index in [1.807, 2.05) is 6.92 Å². The molecule has 2 unspecified atom stereocenters. The minimum atomic E-state index is -1.01. The first-order valence-electron chi connectivity index (χ1n) is 5.63. The van der Waals surface area contributed by atoms with Gasteiger partial charge in [-0.1, -0.05) is 0 Å². The zero-order valence-corrected chi connectivity index (χ0v) is 10.7. The monoisotopic (exact) mass is 270 g/mol. The largest absolute Gasteiger partial charge is 0.479 e. The Morgan fingerprint density at radius 1 is 1.56 bits per heavy atom. The molecule has 1 aromatic rings. The number of hydrogen-bond acceptors (Lipinski definition) is 5. The van der Waals surface area contributed by atoms with Crippen LogP contribution in [-0.2, 0) is 20.9 Å². The van der Waals surface area contributed by atoms with Crippen molar-refractivity contribution < 1.29 is 19.4 Å². The van der Waals surface area contributed by atoms with Crippen molar-refractivity contribution in [2.24, 2.45) is 0 Å². The first-order valence-corrected chi connectivity index (χ1v) is 6.51. The molecule has 1 aromatic heterocycles. The molecule has 18 heavy (non-hydrogen) atoms. The van der Waals surface area contributed by atoms with Gasteiger partial charge < -0.3 is 15.2 Å². The van der Waals surface area contributed by atoms with Gasteiger partial charge in [-0.05, 0) is 19.8 Å². The van der Waals surface area contributed by atoms with Gasteiger partial charge in [0.15, 0.2) is 6.10 Å². The van der Waals surface area contributed by atoms with Crippen LogP contribution in [-0.4, -0.2) is 34.2 Å². The van der Waals surface area contributed by atoms with E-state index in [1.54, 1.807) is 5.51 Å². The second-order valence-corrected chi connectivity index (χ2v) is 5.05. The van der Waals surface area contributed by atoms with Gasteiger partial charge in [0, 0.05) is 4.88 Å². The number of nitrogens with one attached hydrogen (secondary N) is 1. The lowest BCUT2D eigenvalue weighted by Gasteiger charge is -2.11. The van der Waals surface area contributed by atoms with E-state index in [-0.39, 0.29) is 5.91 Å². The Bertz CT molecular complexity index is 460. The third kappa shape index (κ3) is 2.85. The average Bonchev–Trinajstić information content (AvgIpc) is 2.94. The van der Waals surface area contributed by atoms with E-state index >= 15 is 0 Å². The Kier molecular flexibility index (Phi) is 3.93. The van der Waals surface area contributed by atoms with Gasteiger partial charge in [0.25, 0.3) is 0 Å². The molecule has 1 aliphatic rings. The van der Waals surface area contributed by atoms with Gasteiger partial charge in [0.2, 0.25) is 5.91 Å². The van der Waals surface area contributed by atoms with Crippen LogP contribution >= 0.6 is 11.3 Å². The number of rotatable bonds is 4. The molecule has 2 rings (SSSR count). The fourth-order valence-corrected chi connectivity index (χ4v) is 2.51. The van der Waals surface area contributed by atoms with Crippen LogP contribution in [0.3, 0.4) is 0 Å². The molecule has 0 bridgehead atoms. The molecule has 0 radical (unpaired) electrons. The number of nitrogens with zero attached hydrogens (tertiary/aromatic N) is 1. The van der Waals surface area contributed by atoms with Crippen LogP contribution in [0.25, 0.3) is 0 Å². The highest BCUT2D eigenvalue weighted by Gasteiger charge is 2.34. The van der Waals surface area contributed by atoms with Crippen molar-refractivity contribution in [3.05, 3.63) is 16.1 Å². The van der Waals surface area contributed by atoms with Gasteiger partial charge >= 0.3 is 5.97 Å². The maximum absolute atomic E-state index is 11.8. The molecular weight excluding hydrogens is 256 g/mol. The number of carbonyl (C=O) groups excluding carboxylic acids is 1. The summed E-state index contributed by atoms with van der Waals surface area (Å²) in [7, 11) is 0. The van der Waals surface area contributed by atoms with Crippen LogP contribution in [0.2, 0.25) is 0 Å². The number of aromatic nitrogens is 1. The van der Waals surface area contributed by atoms with Crippen LogP contribution in [0.1, 0.15) is 23.4 Å². The number of ether oxygens (including phenoxy) is 1. The highest BCUT2D eigenvalue weighted by Crippen LogP contribution is 2.20. The number of aryl methyl sites for hydroxylation is 1. The Hall–Kier alpha value is -1.47. The Morgan fingerprint density at radius 3 is 2.83 bits per heavy atom. The second kappa shape index (κ2) is 5.45. The standard InChI is InChI=1S/C11H14N2O4S/c1-6-9(18-5-13-6)4-12-10(14)7-2-3-8(17-7)11(15)16/h5,7-8H,2-4H2,1H3,(H,12,14)(H,15,16). The third-order valence-corrected chi connectivity index (χ3v) is 3.79. The number of aliphatic carboxylic acids is 1. The number of hydrogen-bond donors (Lipinski definition) is 2. The van der Waals surface area contributed by atoms with E-state index in [9.17, 15) is 9.59 Å². The molecule has 98 valence electrons. The predicted molar refractivity (Wildman–Crippen MR) is 64.2 cm³/mol. The SMILES string of the molecule is Cc1ncsc1CNC(=O)C1CCC(C(=O)O)O1. The van der Waals surface area contributed by atoms with Gasteiger partial charge in [-0.3, -0.25) is 4.79 Å². The Balaban J connectivity index is 1.83. The van der Waals surface area contributed by atoms with Crippen LogP contribution in [0.4, 0.5) is 0 Å². The lowest BCUT2D eigenvalue weighted by Crippen LogP contribution is -2.35. The van der Waals surface area contributed by atoms with Crippen LogP contribution in [0.5, 0.6) is 0 Å². The van der Waals surface area contributed by atoms with Crippen molar-refractivity contribution in [1.82, 2.24) is 10.3 Å². The maximum atomic E-state index is 11.8. The molecule has 1 amide bonds. The molecule has 1 aliphatic heterocycles. The summed E-state index contributed by atoms with van der Waals surface area (Å²) in [5.41, 5.74) is 2.62. The quantitative estimate of drug-likeness (QED) is 0.840. The van der Waals surface area contributed by atoms with Crippen molar-refractivity contribution in [3.8, 4) is 0 Å². The molecule has 0 aliphatic carbocycles. The van der Waals surface area contributed by atoms with Crippen molar-refractivity contribution in [1.29, 1.82) is 0 Å². The number of thiazole rings is 1. The predicted octanol–water partition coefficient (Wildman–Crippen LogP) is 0.700. The van der Waals surface area contributed by atoms with Crippen molar-refractivity contribution in [3.63, 3.8) is 0 Å². The third-order valence-electron chi connectivity index (χ3n) is 2.86. The van der Waals surface area contributed by atoms with Gasteiger partial charge in [-0.15, -0.1) is 11.3 Å². The first-order chi connectivity index (χ1) is 8.58. The molecular formula is C11H14N2O4S. The normalized spacial score (nSPS) is 22.9. The maximum Gasteiger partial charge on any atom is 0.332 e. The summed E-state index contributed by atoms with van der Waals surface area (Å²) in [6, 6.07) is 0. The zero-order chi connectivity index (χ0) is 13.1. The van der Waals surface area contributed by atoms with E-state index in [0.717, 1.165) is 10.6 Å². The molecule has 7 heteroatoms. The van der Waals surface area contributed by atoms with Crippen molar-refractivity contribution in [2.75, 3.05) is 0 Å². The number of carboxylic acid groups (broad SMARTS) is 1. The zero-order valence-electron chi connectivity index (χ0n) is 9.88. The fraction of sp³-hybridized carbons (Fsp3) is 0.545. The van der Waals surface area contributed by atoms with E-state index in [4.69, 9.17) is 9.84 Å². The fourth-order valence-electron chi connectivity index (χ4n) is 1.79. The molecule has 2 heterocycles. The van der Waals surface area contributed by atoms with Crippen LogP contribution < -0.4 is 5.32 Å². The smallest absolute Gasteiger partial charge is 0.332 e. The minimum absolute atomic E-state index is 0.258. The minimum Gasteiger partial charge on any atom is -0.479 e. The van der Waals surface area contributed by atoms with Gasteiger partial charge in [0.05, 0.1) is 17.7 Å². The van der Waals surface area contributed by atoms with E-state index in [2.05, 4.69) is 10.3 Å². The first kappa shape index (κ1) is 13.0. The van der Waals surface area contributed by atoms with E-state index < -0.39 is 18.2 Å². The number of carbonyl (C=O) groups is 2. The Labute approximate surface area is 108 Å². The summed E-state index contributed by atoms with van der Waals surface area (Å²) in [5, 5.41) is 11.5. The highest BCUT2D eigenvalue weighted by molar-refractivity contribution is 7.09. The van der Waals surface area contributed by atoms with E-state index in [1.165, 1.54) is 11.3 Å². The molecule has 0 spiro atoms. The lowest BCUT2D eigenvalue weighted by atomic mass is 10.2. The molecule has 0 aromatic carbocycles. The molecule has 2 atom stereocenters. The van der Waals surface area contributed by atoms with Crippen molar-refractivity contribution >= 4 is 23.2 Å². The summed E-state index contributed by atoms with van der Waals surface area (Å²) in [6.45, 7) is 2.29. The summed E-state index contributed by atoms with van der Waals surface area (Å²) in [5.74, 6) is -1.27. The van der Waals surface area contributed by atoms with Gasteiger partial charge in [-0.25, -0.2) is 9.78 Å². The van der Waals surface area contributed by atoms with Gasteiger partial charge in [-0.2, -0.15) is 0 Å². The van der Waals surface area contributed by atoms with Gasteiger partial charge in [0.1, 0.15) is 6.10 Å². The topological polar surface area (TPSA) is 88.5 Å². The molecule has 2 N–H and O–H groups in total. The molecule has 6 nitrogen and oxygen atoms in total. The average molecular weight is 270 g/mol. The Morgan fingerprint density at radius 2 is 2.28 bits per heavy atom. The highest BCUT2D eigenvalue weighted by atomic mass is 32.1. The molecule has 0 saturated carbocycles. The van der Waals surface area contributed by atoms with Crippen LogP contribution in [0.15, 0.2) is 5.51 Å². The van der Waals surface area contributed by atoms with Crippen molar-refractivity contribution in [2.45, 2.75) is 38.5 Å².